The number of amides is 2. The third-order valence-corrected chi connectivity index (χ3v) is 9.29. The Morgan fingerprint density at radius 3 is 2.55 bits per heavy atom. The van der Waals surface area contributed by atoms with E-state index in [1.165, 1.54) is 0 Å². The summed E-state index contributed by atoms with van der Waals surface area (Å²) in [6.07, 6.45) is -0.426. The van der Waals surface area contributed by atoms with Crippen LogP contribution in [0.15, 0.2) is 23.0 Å². The Morgan fingerprint density at radius 2 is 1.86 bits per heavy atom. The van der Waals surface area contributed by atoms with E-state index in [0.29, 0.717) is 71.2 Å². The number of aromatic nitrogens is 1. The van der Waals surface area contributed by atoms with Crippen LogP contribution in [-0.2, 0) is 26.2 Å². The molecule has 13 heteroatoms. The van der Waals surface area contributed by atoms with E-state index in [4.69, 9.17) is 45.3 Å². The molecule has 2 amide bonds. The average molecular weight is 640 g/mol. The maximum Gasteiger partial charge on any atom is 0.251 e. The molecule has 0 bridgehead atoms. The summed E-state index contributed by atoms with van der Waals surface area (Å²) in [6, 6.07) is 5.27. The fourth-order valence-corrected chi connectivity index (χ4v) is 7.09. The van der Waals surface area contributed by atoms with Crippen molar-refractivity contribution in [2.45, 2.75) is 50.8 Å². The number of pyridine rings is 1. The van der Waals surface area contributed by atoms with Gasteiger partial charge in [-0.2, -0.15) is 0 Å². The molecule has 1 aromatic carbocycles. The summed E-state index contributed by atoms with van der Waals surface area (Å²) >= 11 is 18.9. The molecule has 3 atom stereocenters. The van der Waals surface area contributed by atoms with Gasteiger partial charge in [-0.15, -0.1) is 0 Å². The zero-order chi connectivity index (χ0) is 30.3. The van der Waals surface area contributed by atoms with Crippen molar-refractivity contribution in [3.05, 3.63) is 60.4 Å². The van der Waals surface area contributed by atoms with Gasteiger partial charge < -0.3 is 25.7 Å². The minimum absolute atomic E-state index is 0.0431. The van der Waals surface area contributed by atoms with Gasteiger partial charge in [0.15, 0.2) is 0 Å². The molecule has 0 radical (unpaired) electrons. The first kappa shape index (κ1) is 31.3. The summed E-state index contributed by atoms with van der Waals surface area (Å²) < 4.78 is 5.51. The zero-order valence-electron chi connectivity index (χ0n) is 24.0. The first-order valence-corrected chi connectivity index (χ1v) is 15.3. The molecule has 0 spiro atoms. The Morgan fingerprint density at radius 1 is 1.14 bits per heavy atom. The van der Waals surface area contributed by atoms with Gasteiger partial charge in [-0.3, -0.25) is 24.2 Å². The Hall–Kier alpha value is -2.18. The third kappa shape index (κ3) is 6.65. The van der Waals surface area contributed by atoms with Crippen LogP contribution in [-0.4, -0.2) is 97.2 Å². The van der Waals surface area contributed by atoms with E-state index in [1.807, 2.05) is 13.8 Å². The highest BCUT2D eigenvalue weighted by Crippen LogP contribution is 2.39. The van der Waals surface area contributed by atoms with Gasteiger partial charge in [-0.25, -0.2) is 0 Å². The van der Waals surface area contributed by atoms with Crippen LogP contribution in [0.1, 0.15) is 37.6 Å². The number of carbonyl (C=O) groups is 2. The lowest BCUT2D eigenvalue weighted by Crippen LogP contribution is -2.62. The van der Waals surface area contributed by atoms with Gasteiger partial charge in [0.1, 0.15) is 6.10 Å². The number of piperazine rings is 1. The molecular formula is C29H37Cl3N6O4. The van der Waals surface area contributed by atoms with Gasteiger partial charge in [0, 0.05) is 89.5 Å². The number of hydrogen-bond donors (Lipinski definition) is 3. The quantitative estimate of drug-likeness (QED) is 0.425. The Bertz CT molecular complexity index is 1410. The van der Waals surface area contributed by atoms with Gasteiger partial charge in [-0.1, -0.05) is 48.7 Å². The highest BCUT2D eigenvalue weighted by molar-refractivity contribution is 6.39. The molecule has 42 heavy (non-hydrogen) atoms. The fraction of sp³-hybridized carbons (Fsp3) is 0.552. The number of primary amides is 1. The van der Waals surface area contributed by atoms with Gasteiger partial charge in [0.2, 0.25) is 11.8 Å². The topological polar surface area (TPSA) is 124 Å². The number of morpholine rings is 1. The summed E-state index contributed by atoms with van der Waals surface area (Å²) in [4.78, 5) is 48.0. The number of benzene rings is 1. The Balaban J connectivity index is 1.37. The van der Waals surface area contributed by atoms with Crippen molar-refractivity contribution in [1.82, 2.24) is 20.1 Å². The molecule has 2 saturated heterocycles. The molecule has 1 unspecified atom stereocenters. The first-order chi connectivity index (χ1) is 19.8. The lowest BCUT2D eigenvalue weighted by Gasteiger charge is -2.43. The second-order valence-electron chi connectivity index (χ2n) is 12.2. The molecule has 3 aliphatic rings. The SMILES string of the molecule is C[C@@H]1CN(CC(=O)N2CC(C)(C)c3[nH]c(=O)c(Cc4c(Cl)cc(Cl)cc4Cl)cc32)[C@@H](CN2CCOC(C(N)=O)C2)CN1. The van der Waals surface area contributed by atoms with Crippen molar-refractivity contribution in [3.8, 4) is 0 Å². The molecule has 4 heterocycles. The molecule has 2 aromatic rings. The van der Waals surface area contributed by atoms with E-state index < -0.39 is 17.4 Å². The second kappa shape index (κ2) is 12.4. The van der Waals surface area contributed by atoms with Crippen molar-refractivity contribution in [2.75, 3.05) is 57.3 Å². The minimum Gasteiger partial charge on any atom is -0.367 e. The van der Waals surface area contributed by atoms with Crippen LogP contribution in [0.2, 0.25) is 15.1 Å². The van der Waals surface area contributed by atoms with Gasteiger partial charge in [0.25, 0.3) is 5.56 Å². The monoisotopic (exact) mass is 638 g/mol. The number of fused-ring (bicyclic) bond motifs is 1. The highest BCUT2D eigenvalue weighted by atomic mass is 35.5. The molecule has 10 nitrogen and oxygen atoms in total. The van der Waals surface area contributed by atoms with Crippen LogP contribution < -0.4 is 21.5 Å². The zero-order valence-corrected chi connectivity index (χ0v) is 26.3. The summed E-state index contributed by atoms with van der Waals surface area (Å²) in [5, 5.41) is 4.69. The molecule has 1 aromatic heterocycles. The van der Waals surface area contributed by atoms with E-state index in [1.54, 1.807) is 23.1 Å². The van der Waals surface area contributed by atoms with E-state index in [2.05, 4.69) is 27.0 Å². The average Bonchev–Trinajstić information content (AvgIpc) is 3.17. The van der Waals surface area contributed by atoms with Crippen molar-refractivity contribution in [1.29, 1.82) is 0 Å². The number of ether oxygens (including phenoxy) is 1. The number of nitrogens with two attached hydrogens (primary N) is 1. The Kier molecular flexibility index (Phi) is 9.25. The molecule has 228 valence electrons. The smallest absolute Gasteiger partial charge is 0.251 e. The molecule has 5 rings (SSSR count). The standard InChI is InChI=1S/C29H37Cl3N6O4/c1-16-11-37(19(10-34-16)12-36-4-5-42-24(13-36)27(33)40)14-25(39)38-15-29(2,3)26-23(38)7-17(28(41)35-26)6-20-21(31)8-18(30)9-22(20)32/h7-9,16,19,24,34H,4-6,10-15H2,1-3H3,(H2,33,40)(H,35,41)/t16-,19-,24?/m1/s1. The number of rotatable bonds is 7. The van der Waals surface area contributed by atoms with Crippen LogP contribution in [0.3, 0.4) is 0 Å². The van der Waals surface area contributed by atoms with E-state index in [9.17, 15) is 14.4 Å². The number of hydrogen-bond acceptors (Lipinski definition) is 7. The van der Waals surface area contributed by atoms with E-state index in [0.717, 1.165) is 12.2 Å². The van der Waals surface area contributed by atoms with Gasteiger partial charge >= 0.3 is 0 Å². The van der Waals surface area contributed by atoms with Crippen molar-refractivity contribution < 1.29 is 14.3 Å². The maximum absolute atomic E-state index is 14.0. The van der Waals surface area contributed by atoms with Crippen LogP contribution in [0.4, 0.5) is 5.69 Å². The predicted octanol–water partition coefficient (Wildman–Crippen LogP) is 2.40. The summed E-state index contributed by atoms with van der Waals surface area (Å²) in [5.74, 6) is -0.506. The number of halogens is 3. The highest BCUT2D eigenvalue weighted by Gasteiger charge is 2.41. The van der Waals surface area contributed by atoms with Gasteiger partial charge in [0.05, 0.1) is 18.8 Å². The molecule has 0 saturated carbocycles. The van der Waals surface area contributed by atoms with Crippen molar-refractivity contribution in [2.24, 2.45) is 5.73 Å². The Labute approximate surface area is 260 Å². The maximum atomic E-state index is 14.0. The van der Waals surface area contributed by atoms with E-state index >= 15 is 0 Å². The van der Waals surface area contributed by atoms with Crippen LogP contribution in [0, 0.1) is 0 Å². The lowest BCUT2D eigenvalue weighted by molar-refractivity contribution is -0.135. The first-order valence-electron chi connectivity index (χ1n) is 14.1. The minimum atomic E-state index is -0.623. The largest absolute Gasteiger partial charge is 0.367 e. The number of H-pyrrole nitrogens is 1. The van der Waals surface area contributed by atoms with Crippen molar-refractivity contribution >= 4 is 52.3 Å². The lowest BCUT2D eigenvalue weighted by atomic mass is 9.91. The number of nitrogens with zero attached hydrogens (tertiary/aromatic N) is 3. The molecule has 0 aliphatic carbocycles. The normalized spacial score (nSPS) is 24.5. The predicted molar refractivity (Wildman–Crippen MR) is 165 cm³/mol. The number of anilines is 1. The van der Waals surface area contributed by atoms with Crippen LogP contribution in [0.5, 0.6) is 0 Å². The van der Waals surface area contributed by atoms with Crippen LogP contribution >= 0.6 is 34.8 Å². The molecule has 4 N–H and O–H groups in total. The number of aromatic amines is 1. The summed E-state index contributed by atoms with van der Waals surface area (Å²) in [7, 11) is 0. The summed E-state index contributed by atoms with van der Waals surface area (Å²) in [6.45, 7) is 10.5. The molecule has 2 fully saturated rings. The van der Waals surface area contributed by atoms with Gasteiger partial charge in [-0.05, 0) is 30.7 Å². The third-order valence-electron chi connectivity index (χ3n) is 8.39. The fourth-order valence-electron chi connectivity index (χ4n) is 6.14. The second-order valence-corrected chi connectivity index (χ2v) is 13.4. The number of carbonyl (C=O) groups excluding carboxylic acids is 2. The van der Waals surface area contributed by atoms with Crippen molar-refractivity contribution in [3.63, 3.8) is 0 Å². The molecular weight excluding hydrogens is 603 g/mol. The summed E-state index contributed by atoms with van der Waals surface area (Å²) in [5.41, 5.74) is 7.29. The molecule has 3 aliphatic heterocycles. The van der Waals surface area contributed by atoms with E-state index in [-0.39, 0.29) is 36.5 Å². The number of nitrogens with one attached hydrogen (secondary N) is 2. The van der Waals surface area contributed by atoms with Crippen LogP contribution in [0.25, 0.3) is 0 Å².